The Kier molecular flexibility index (Phi) is 3.84. The molecule has 0 atom stereocenters. The molecule has 0 aromatic carbocycles. The standard InChI is InChI=1S/C6H12N2.Li.H/c1-3-8-5-4-7(2)6-8;;/h4-5H,3,6H2,1-2H3;;/q;+1;-1. The summed E-state index contributed by atoms with van der Waals surface area (Å²) in [6, 6.07) is 0. The number of nitrogens with zero attached hydrogens (tertiary/aromatic N) is 2. The van der Waals surface area contributed by atoms with Crippen LogP contribution < -0.4 is 18.9 Å². The van der Waals surface area contributed by atoms with Crippen LogP contribution in [0.2, 0.25) is 0 Å². The van der Waals surface area contributed by atoms with Gasteiger partial charge in [0, 0.05) is 26.0 Å². The summed E-state index contributed by atoms with van der Waals surface area (Å²) in [6.07, 6.45) is 4.20. The van der Waals surface area contributed by atoms with E-state index in [9.17, 15) is 0 Å². The van der Waals surface area contributed by atoms with Gasteiger partial charge in [0.2, 0.25) is 0 Å². The SMILES string of the molecule is CCN1C=CN(C)C1.[H-].[Li+]. The van der Waals surface area contributed by atoms with Crippen molar-refractivity contribution in [3.63, 3.8) is 0 Å². The third kappa shape index (κ3) is 2.34. The van der Waals surface area contributed by atoms with Crippen LogP contribution in [0.3, 0.4) is 0 Å². The predicted molar refractivity (Wildman–Crippen MR) is 35.3 cm³/mol. The van der Waals surface area contributed by atoms with Crippen LogP contribution in [0.4, 0.5) is 0 Å². The summed E-state index contributed by atoms with van der Waals surface area (Å²) in [5.41, 5.74) is 0. The molecule has 0 radical (unpaired) electrons. The maximum absolute atomic E-state index is 2.25. The van der Waals surface area contributed by atoms with Crippen molar-refractivity contribution in [3.8, 4) is 0 Å². The van der Waals surface area contributed by atoms with Gasteiger partial charge in [-0.3, -0.25) is 0 Å². The van der Waals surface area contributed by atoms with Crippen molar-refractivity contribution in [1.82, 2.24) is 9.80 Å². The third-order valence-corrected chi connectivity index (χ3v) is 1.34. The molecular formula is C6H13LiN2. The first kappa shape index (κ1) is 8.94. The fourth-order valence-corrected chi connectivity index (χ4v) is 0.794. The molecule has 0 aromatic rings. The summed E-state index contributed by atoms with van der Waals surface area (Å²) < 4.78 is 0. The summed E-state index contributed by atoms with van der Waals surface area (Å²) in [6.45, 7) is 4.32. The van der Waals surface area contributed by atoms with Crippen LogP contribution >= 0.6 is 0 Å². The third-order valence-electron chi connectivity index (χ3n) is 1.34. The minimum absolute atomic E-state index is 0. The van der Waals surface area contributed by atoms with Gasteiger partial charge in [-0.15, -0.1) is 0 Å². The minimum atomic E-state index is 0. The zero-order valence-corrected chi connectivity index (χ0v) is 6.46. The van der Waals surface area contributed by atoms with E-state index in [-0.39, 0.29) is 20.3 Å². The van der Waals surface area contributed by atoms with Crippen LogP contribution in [0.1, 0.15) is 8.35 Å². The van der Waals surface area contributed by atoms with E-state index in [4.69, 9.17) is 0 Å². The number of hydrogen-bond acceptors (Lipinski definition) is 2. The van der Waals surface area contributed by atoms with Crippen LogP contribution in [-0.4, -0.2) is 30.1 Å². The van der Waals surface area contributed by atoms with Gasteiger partial charge in [0.15, 0.2) is 0 Å². The van der Waals surface area contributed by atoms with Crippen LogP contribution in [0.15, 0.2) is 12.4 Å². The molecule has 0 saturated carbocycles. The predicted octanol–water partition coefficient (Wildman–Crippen LogP) is -2.20. The molecule has 0 bridgehead atoms. The summed E-state index contributed by atoms with van der Waals surface area (Å²) in [5.74, 6) is 0. The van der Waals surface area contributed by atoms with Gasteiger partial charge < -0.3 is 11.2 Å². The zero-order chi connectivity index (χ0) is 5.98. The van der Waals surface area contributed by atoms with Gasteiger partial charge >= 0.3 is 18.9 Å². The quantitative estimate of drug-likeness (QED) is 0.362. The molecule has 1 rings (SSSR count). The molecule has 0 saturated heterocycles. The van der Waals surface area contributed by atoms with Crippen molar-refractivity contribution in [3.05, 3.63) is 12.4 Å². The van der Waals surface area contributed by atoms with Crippen LogP contribution in [0, 0.1) is 0 Å². The normalized spacial score (nSPS) is 16.2. The van der Waals surface area contributed by atoms with Gasteiger partial charge in [0.1, 0.15) is 0 Å². The average Bonchev–Trinajstić information content (AvgIpc) is 2.14. The van der Waals surface area contributed by atoms with Gasteiger partial charge in [0.25, 0.3) is 0 Å². The minimum Gasteiger partial charge on any atom is -1.00 e. The smallest absolute Gasteiger partial charge is 1.00 e. The molecular weight excluding hydrogens is 107 g/mol. The summed E-state index contributed by atoms with van der Waals surface area (Å²) in [5, 5.41) is 0. The van der Waals surface area contributed by atoms with Crippen molar-refractivity contribution in [2.24, 2.45) is 0 Å². The average molecular weight is 120 g/mol. The maximum Gasteiger partial charge on any atom is 1.00 e. The molecule has 0 aromatic heterocycles. The first-order chi connectivity index (χ1) is 3.83. The Balaban J connectivity index is 0. The van der Waals surface area contributed by atoms with Gasteiger partial charge in [-0.2, -0.15) is 0 Å². The first-order valence-corrected chi connectivity index (χ1v) is 2.95. The van der Waals surface area contributed by atoms with Crippen molar-refractivity contribution < 1.29 is 20.3 Å². The van der Waals surface area contributed by atoms with Gasteiger partial charge in [-0.1, -0.05) is 0 Å². The van der Waals surface area contributed by atoms with E-state index in [2.05, 4.69) is 36.2 Å². The molecule has 9 heavy (non-hydrogen) atoms. The monoisotopic (exact) mass is 120 g/mol. The number of rotatable bonds is 1. The first-order valence-electron chi connectivity index (χ1n) is 2.95. The molecule has 1 aliphatic heterocycles. The number of hydrogen-bond donors (Lipinski definition) is 0. The summed E-state index contributed by atoms with van der Waals surface area (Å²) >= 11 is 0. The Bertz CT molecular complexity index is 108. The molecule has 3 heteroatoms. The van der Waals surface area contributed by atoms with Crippen LogP contribution in [-0.2, 0) is 0 Å². The Hall–Kier alpha value is -0.0626. The Labute approximate surface area is 70.2 Å². The molecule has 2 nitrogen and oxygen atoms in total. The Morgan fingerprint density at radius 3 is 2.44 bits per heavy atom. The van der Waals surface area contributed by atoms with Crippen LogP contribution in [0.25, 0.3) is 0 Å². The van der Waals surface area contributed by atoms with Crippen LogP contribution in [0.5, 0.6) is 0 Å². The second-order valence-corrected chi connectivity index (χ2v) is 2.10. The largest absolute Gasteiger partial charge is 1.00 e. The van der Waals surface area contributed by atoms with Gasteiger partial charge in [-0.25, -0.2) is 0 Å². The fourth-order valence-electron chi connectivity index (χ4n) is 0.794. The molecule has 0 fully saturated rings. The molecule has 1 aliphatic rings. The second-order valence-electron chi connectivity index (χ2n) is 2.10. The zero-order valence-electron chi connectivity index (χ0n) is 7.46. The van der Waals surface area contributed by atoms with E-state index in [1.54, 1.807) is 0 Å². The molecule has 0 aliphatic carbocycles. The van der Waals surface area contributed by atoms with Gasteiger partial charge in [0.05, 0.1) is 6.67 Å². The van der Waals surface area contributed by atoms with E-state index < -0.39 is 0 Å². The van der Waals surface area contributed by atoms with E-state index in [1.165, 1.54) is 0 Å². The van der Waals surface area contributed by atoms with Gasteiger partial charge in [-0.05, 0) is 6.92 Å². The van der Waals surface area contributed by atoms with Crippen molar-refractivity contribution >= 4 is 0 Å². The second kappa shape index (κ2) is 3.87. The fraction of sp³-hybridized carbons (Fsp3) is 0.667. The van der Waals surface area contributed by atoms with Crippen molar-refractivity contribution in [1.29, 1.82) is 0 Å². The summed E-state index contributed by atoms with van der Waals surface area (Å²) in [7, 11) is 2.08. The Morgan fingerprint density at radius 2 is 2.22 bits per heavy atom. The molecule has 0 N–H and O–H groups in total. The topological polar surface area (TPSA) is 6.48 Å². The van der Waals surface area contributed by atoms with E-state index >= 15 is 0 Å². The molecule has 0 amide bonds. The Morgan fingerprint density at radius 1 is 1.56 bits per heavy atom. The van der Waals surface area contributed by atoms with E-state index in [0.717, 1.165) is 13.2 Å². The molecule has 0 unspecified atom stereocenters. The van der Waals surface area contributed by atoms with E-state index in [0.29, 0.717) is 0 Å². The molecule has 0 spiro atoms. The molecule has 48 valence electrons. The molecule has 1 heterocycles. The summed E-state index contributed by atoms with van der Waals surface area (Å²) in [4.78, 5) is 4.41. The van der Waals surface area contributed by atoms with Crippen molar-refractivity contribution in [2.45, 2.75) is 6.92 Å². The van der Waals surface area contributed by atoms with Crippen molar-refractivity contribution in [2.75, 3.05) is 20.3 Å². The maximum atomic E-state index is 2.25. The van der Waals surface area contributed by atoms with E-state index in [1.807, 2.05) is 0 Å².